The van der Waals surface area contributed by atoms with E-state index in [1.807, 2.05) is 36.4 Å². The summed E-state index contributed by atoms with van der Waals surface area (Å²) in [6.45, 7) is 2.09. The number of fused-ring (bicyclic) bond motifs is 3. The minimum absolute atomic E-state index is 0.229. The molecule has 1 heterocycles. The number of anilines is 1. The molecule has 0 amide bonds. The fourth-order valence-corrected chi connectivity index (χ4v) is 4.98. The van der Waals surface area contributed by atoms with Crippen molar-refractivity contribution in [3.63, 3.8) is 0 Å². The maximum Gasteiger partial charge on any atom is 0.261 e. The molecule has 0 aliphatic rings. The molecule has 0 radical (unpaired) electrons. The maximum atomic E-state index is 12.7. The van der Waals surface area contributed by atoms with E-state index < -0.39 is 10.0 Å². The lowest BCUT2D eigenvalue weighted by Crippen LogP contribution is -2.12. The molecule has 31 heavy (non-hydrogen) atoms. The summed E-state index contributed by atoms with van der Waals surface area (Å²) < 4.78 is 28.0. The summed E-state index contributed by atoms with van der Waals surface area (Å²) in [5, 5.41) is 3.51. The molecule has 0 aliphatic carbocycles. The summed E-state index contributed by atoms with van der Waals surface area (Å²) in [7, 11) is -3.65. The van der Waals surface area contributed by atoms with Crippen molar-refractivity contribution >= 4 is 37.4 Å². The third-order valence-corrected chi connectivity index (χ3v) is 6.76. The summed E-state index contributed by atoms with van der Waals surface area (Å²) in [5.74, 6) is 0. The smallest absolute Gasteiger partial charge is 0.261 e. The van der Waals surface area contributed by atoms with Crippen LogP contribution in [0.1, 0.15) is 5.56 Å². The quantitative estimate of drug-likeness (QED) is 0.351. The normalized spacial score (nSPS) is 11.6. The molecule has 5 heteroatoms. The van der Waals surface area contributed by atoms with Gasteiger partial charge in [-0.2, -0.15) is 0 Å². The minimum Gasteiger partial charge on any atom is -0.280 e. The van der Waals surface area contributed by atoms with Gasteiger partial charge in [0.25, 0.3) is 10.0 Å². The van der Waals surface area contributed by atoms with Crippen molar-refractivity contribution in [3.8, 4) is 11.3 Å². The standard InChI is InChI=1S/C26H20N2O2S/c1-18-16-25(27-24-15-14-19-8-5-6-13-23(19)26(18)24)20-9-7-10-21(17-20)28-31(29,30)22-11-3-2-4-12-22/h2-17,28H,1H3. The van der Waals surface area contributed by atoms with E-state index in [9.17, 15) is 8.42 Å². The Labute approximate surface area is 181 Å². The second-order valence-corrected chi connectivity index (χ2v) is 9.19. The number of aromatic nitrogens is 1. The molecule has 4 nitrogen and oxygen atoms in total. The topological polar surface area (TPSA) is 59.1 Å². The van der Waals surface area contributed by atoms with Crippen LogP contribution in [-0.2, 0) is 10.0 Å². The van der Waals surface area contributed by atoms with Gasteiger partial charge in [0.1, 0.15) is 0 Å². The lowest BCUT2D eigenvalue weighted by Gasteiger charge is -2.12. The highest BCUT2D eigenvalue weighted by Gasteiger charge is 2.14. The van der Waals surface area contributed by atoms with Crippen LogP contribution in [0.3, 0.4) is 0 Å². The highest BCUT2D eigenvalue weighted by Crippen LogP contribution is 2.31. The highest BCUT2D eigenvalue weighted by atomic mass is 32.2. The number of hydrogen-bond donors (Lipinski definition) is 1. The van der Waals surface area contributed by atoms with Gasteiger partial charge < -0.3 is 0 Å². The summed E-state index contributed by atoms with van der Waals surface area (Å²) in [6, 6.07) is 30.1. The predicted octanol–water partition coefficient (Wildman–Crippen LogP) is 6.16. The molecule has 4 aromatic carbocycles. The van der Waals surface area contributed by atoms with Gasteiger partial charge in [-0.05, 0) is 59.7 Å². The largest absolute Gasteiger partial charge is 0.280 e. The number of sulfonamides is 1. The average molecular weight is 425 g/mol. The van der Waals surface area contributed by atoms with E-state index in [-0.39, 0.29) is 4.90 Å². The zero-order chi connectivity index (χ0) is 21.4. The Morgan fingerprint density at radius 1 is 0.774 bits per heavy atom. The first-order valence-electron chi connectivity index (χ1n) is 9.99. The minimum atomic E-state index is -3.65. The van der Waals surface area contributed by atoms with Crippen molar-refractivity contribution in [3.05, 3.63) is 103 Å². The molecule has 0 spiro atoms. The molecule has 5 rings (SSSR count). The molecule has 0 unspecified atom stereocenters. The molecular weight excluding hydrogens is 404 g/mol. The zero-order valence-electron chi connectivity index (χ0n) is 16.9. The SMILES string of the molecule is Cc1cc(-c2cccc(NS(=O)(=O)c3ccccc3)c2)nc2ccc3ccccc3c12. The van der Waals surface area contributed by atoms with Crippen LogP contribution in [0, 0.1) is 6.92 Å². The monoisotopic (exact) mass is 424 g/mol. The summed E-state index contributed by atoms with van der Waals surface area (Å²) in [5.41, 5.74) is 4.21. The number of nitrogens with one attached hydrogen (secondary N) is 1. The molecule has 1 aromatic heterocycles. The summed E-state index contributed by atoms with van der Waals surface area (Å²) in [4.78, 5) is 5.10. The Morgan fingerprint density at radius 2 is 1.55 bits per heavy atom. The number of aryl methyl sites for hydroxylation is 1. The number of pyridine rings is 1. The lowest BCUT2D eigenvalue weighted by molar-refractivity contribution is 0.601. The van der Waals surface area contributed by atoms with Gasteiger partial charge >= 0.3 is 0 Å². The van der Waals surface area contributed by atoms with Crippen LogP contribution >= 0.6 is 0 Å². The van der Waals surface area contributed by atoms with Crippen LogP contribution in [0.4, 0.5) is 5.69 Å². The summed E-state index contributed by atoms with van der Waals surface area (Å²) >= 11 is 0. The molecule has 0 saturated heterocycles. The third kappa shape index (κ3) is 3.64. The maximum absolute atomic E-state index is 12.7. The second-order valence-electron chi connectivity index (χ2n) is 7.50. The van der Waals surface area contributed by atoms with Crippen LogP contribution in [0.15, 0.2) is 102 Å². The predicted molar refractivity (Wildman–Crippen MR) is 127 cm³/mol. The fourth-order valence-electron chi connectivity index (χ4n) is 3.91. The third-order valence-electron chi connectivity index (χ3n) is 5.36. The van der Waals surface area contributed by atoms with Gasteiger partial charge in [0.05, 0.1) is 16.1 Å². The Balaban J connectivity index is 1.56. The Kier molecular flexibility index (Phi) is 4.68. The number of nitrogens with zero attached hydrogens (tertiary/aromatic N) is 1. The molecule has 0 atom stereocenters. The van der Waals surface area contributed by atoms with Crippen molar-refractivity contribution in [2.24, 2.45) is 0 Å². The molecular formula is C26H20N2O2S. The molecule has 1 N–H and O–H groups in total. The van der Waals surface area contributed by atoms with Crippen molar-refractivity contribution in [2.45, 2.75) is 11.8 Å². The first-order valence-corrected chi connectivity index (χ1v) is 11.5. The Hall–Kier alpha value is -3.70. The molecule has 5 aromatic rings. The molecule has 152 valence electrons. The van der Waals surface area contributed by atoms with Crippen molar-refractivity contribution in [2.75, 3.05) is 4.72 Å². The highest BCUT2D eigenvalue weighted by molar-refractivity contribution is 7.92. The number of rotatable bonds is 4. The van der Waals surface area contributed by atoms with Gasteiger partial charge in [-0.15, -0.1) is 0 Å². The molecule has 0 aliphatic heterocycles. The van der Waals surface area contributed by atoms with E-state index >= 15 is 0 Å². The first kappa shape index (κ1) is 19.3. The Bertz CT molecular complexity index is 1530. The van der Waals surface area contributed by atoms with E-state index in [1.165, 1.54) is 10.8 Å². The van der Waals surface area contributed by atoms with Gasteiger partial charge in [0, 0.05) is 16.6 Å². The van der Waals surface area contributed by atoms with E-state index in [0.29, 0.717) is 5.69 Å². The van der Waals surface area contributed by atoms with Crippen LogP contribution in [0.25, 0.3) is 32.9 Å². The molecule has 0 saturated carbocycles. The zero-order valence-corrected chi connectivity index (χ0v) is 17.7. The van der Waals surface area contributed by atoms with E-state index in [0.717, 1.165) is 27.7 Å². The van der Waals surface area contributed by atoms with Crippen molar-refractivity contribution in [1.82, 2.24) is 4.98 Å². The van der Waals surface area contributed by atoms with Crippen LogP contribution in [0.2, 0.25) is 0 Å². The van der Waals surface area contributed by atoms with Crippen LogP contribution in [0.5, 0.6) is 0 Å². The Morgan fingerprint density at radius 3 is 2.39 bits per heavy atom. The summed E-state index contributed by atoms with van der Waals surface area (Å²) in [6.07, 6.45) is 0. The van der Waals surface area contributed by atoms with Crippen LogP contribution in [-0.4, -0.2) is 13.4 Å². The van der Waals surface area contributed by atoms with Crippen molar-refractivity contribution in [1.29, 1.82) is 0 Å². The van der Waals surface area contributed by atoms with E-state index in [2.05, 4.69) is 35.9 Å². The fraction of sp³-hybridized carbons (Fsp3) is 0.0385. The van der Waals surface area contributed by atoms with Gasteiger partial charge in [-0.25, -0.2) is 13.4 Å². The molecule has 0 bridgehead atoms. The van der Waals surface area contributed by atoms with Gasteiger partial charge in [0.2, 0.25) is 0 Å². The molecule has 0 fully saturated rings. The number of hydrogen-bond acceptors (Lipinski definition) is 3. The van der Waals surface area contributed by atoms with E-state index in [4.69, 9.17) is 4.98 Å². The van der Waals surface area contributed by atoms with Gasteiger partial charge in [0.15, 0.2) is 0 Å². The average Bonchev–Trinajstić information content (AvgIpc) is 2.79. The second kappa shape index (κ2) is 7.52. The van der Waals surface area contributed by atoms with Gasteiger partial charge in [-0.1, -0.05) is 60.7 Å². The lowest BCUT2D eigenvalue weighted by atomic mass is 9.99. The van der Waals surface area contributed by atoms with Crippen molar-refractivity contribution < 1.29 is 8.42 Å². The first-order chi connectivity index (χ1) is 15.0. The van der Waals surface area contributed by atoms with Crippen LogP contribution < -0.4 is 4.72 Å². The van der Waals surface area contributed by atoms with Gasteiger partial charge in [-0.3, -0.25) is 4.72 Å². The van der Waals surface area contributed by atoms with E-state index in [1.54, 1.807) is 36.4 Å². The number of benzene rings is 4.